The summed E-state index contributed by atoms with van der Waals surface area (Å²) in [5.74, 6) is 0.812. The van der Waals surface area contributed by atoms with E-state index in [0.717, 1.165) is 33.8 Å². The first-order valence-corrected chi connectivity index (χ1v) is 14.1. The van der Waals surface area contributed by atoms with Crippen molar-refractivity contribution in [3.8, 4) is 11.1 Å². The molecule has 0 saturated carbocycles. The van der Waals surface area contributed by atoms with Crippen LogP contribution in [0.15, 0.2) is 62.9 Å². The second kappa shape index (κ2) is 10.2. The van der Waals surface area contributed by atoms with Gasteiger partial charge in [0.25, 0.3) is 0 Å². The quantitative estimate of drug-likeness (QED) is 0.455. The third-order valence-electron chi connectivity index (χ3n) is 5.56. The van der Waals surface area contributed by atoms with E-state index in [2.05, 4.69) is 28.2 Å². The molecule has 0 saturated heterocycles. The van der Waals surface area contributed by atoms with Gasteiger partial charge in [-0.3, -0.25) is 0 Å². The molecule has 3 heterocycles. The summed E-state index contributed by atoms with van der Waals surface area (Å²) < 4.78 is 11.7. The van der Waals surface area contributed by atoms with Gasteiger partial charge in [0.2, 0.25) is 0 Å². The van der Waals surface area contributed by atoms with Crippen LogP contribution in [0.3, 0.4) is 0 Å². The summed E-state index contributed by atoms with van der Waals surface area (Å²) in [4.78, 5) is 34.8. The van der Waals surface area contributed by atoms with Gasteiger partial charge >= 0.3 is 195 Å². The van der Waals surface area contributed by atoms with E-state index in [-0.39, 0.29) is 11.7 Å². The molecular weight excluding hydrogens is 549 g/mol. The van der Waals surface area contributed by atoms with Gasteiger partial charge in [-0.25, -0.2) is 0 Å². The fraction of sp³-hybridized carbons (Fsp3) is 0.308. The second-order valence-electron chi connectivity index (χ2n) is 9.50. The zero-order chi connectivity index (χ0) is 25.2. The molecule has 1 aliphatic heterocycles. The molecule has 9 heteroatoms. The van der Waals surface area contributed by atoms with Crippen LogP contribution in [0.2, 0.25) is 0 Å². The number of aromatic amines is 1. The molecule has 0 atom stereocenters. The molecule has 0 unspecified atom stereocenters. The number of ether oxygens (including phenoxy) is 1. The third-order valence-corrected chi connectivity index (χ3v) is 8.45. The summed E-state index contributed by atoms with van der Waals surface area (Å²) in [7, 11) is 3.70. The number of pyridine rings is 2. The van der Waals surface area contributed by atoms with Crippen LogP contribution in [0.25, 0.3) is 11.1 Å². The van der Waals surface area contributed by atoms with E-state index in [1.807, 2.05) is 50.9 Å². The Balaban J connectivity index is 1.50. The number of benzene rings is 1. The zero-order valence-corrected chi connectivity index (χ0v) is 23.5. The molecular formula is C26H29N5O3Sn. The number of amides is 1. The Labute approximate surface area is 215 Å². The second-order valence-corrected chi connectivity index (χ2v) is 12.3. The number of likely N-dealkylation sites (N-methyl/N-ethyl adjacent to an activating group) is 2. The van der Waals surface area contributed by atoms with E-state index in [0.29, 0.717) is 13.1 Å². The van der Waals surface area contributed by atoms with Crippen molar-refractivity contribution in [1.82, 2.24) is 14.9 Å². The van der Waals surface area contributed by atoms with E-state index in [1.165, 1.54) is 3.58 Å². The average molecular weight is 578 g/mol. The molecule has 3 aromatic rings. The molecule has 1 amide bonds. The first-order chi connectivity index (χ1) is 16.6. The first kappa shape index (κ1) is 25.0. The van der Waals surface area contributed by atoms with E-state index in [9.17, 15) is 9.59 Å². The molecule has 1 aromatic carbocycles. The van der Waals surface area contributed by atoms with Crippen molar-refractivity contribution in [3.63, 3.8) is 0 Å². The van der Waals surface area contributed by atoms with Crippen LogP contribution in [-0.4, -0.2) is 80.9 Å². The van der Waals surface area contributed by atoms with Crippen molar-refractivity contribution in [1.29, 1.82) is 0 Å². The predicted molar refractivity (Wildman–Crippen MR) is 140 cm³/mol. The number of hydrogen-bond acceptors (Lipinski definition) is 6. The summed E-state index contributed by atoms with van der Waals surface area (Å²) in [6.45, 7) is 6.69. The summed E-state index contributed by atoms with van der Waals surface area (Å²) in [5, 5.41) is 0. The zero-order valence-electron chi connectivity index (χ0n) is 20.6. The summed E-state index contributed by atoms with van der Waals surface area (Å²) in [5.41, 5.74) is 4.39. The Hall–Kier alpha value is -3.14. The van der Waals surface area contributed by atoms with Gasteiger partial charge in [0.1, 0.15) is 0 Å². The van der Waals surface area contributed by atoms with Crippen molar-refractivity contribution in [3.05, 3.63) is 76.3 Å². The van der Waals surface area contributed by atoms with Crippen LogP contribution in [0.4, 0.5) is 10.6 Å². The number of H-pyrrole nitrogens is 1. The number of nitrogens with zero attached hydrogens (tertiary/aromatic N) is 4. The van der Waals surface area contributed by atoms with Crippen LogP contribution < -0.4 is 14.0 Å². The van der Waals surface area contributed by atoms with Crippen LogP contribution in [0.1, 0.15) is 31.9 Å². The van der Waals surface area contributed by atoms with Gasteiger partial charge in [0.15, 0.2) is 0 Å². The van der Waals surface area contributed by atoms with Crippen LogP contribution >= 0.6 is 0 Å². The Kier molecular flexibility index (Phi) is 7.30. The molecule has 1 aliphatic rings. The maximum absolute atomic E-state index is 12.2. The van der Waals surface area contributed by atoms with Gasteiger partial charge in [-0.05, 0) is 20.8 Å². The van der Waals surface area contributed by atoms with Gasteiger partial charge in [-0.2, -0.15) is 0 Å². The number of hydrogen-bond donors (Lipinski definition) is 1. The van der Waals surface area contributed by atoms with Crippen LogP contribution in [-0.2, 0) is 4.74 Å². The Morgan fingerprint density at radius 1 is 1.03 bits per heavy atom. The molecule has 4 rings (SSSR count). The smallest absolute Gasteiger partial charge is 0.0253 e. The standard InChI is InChI=1S/C26H29N5O3.Sn/c1-26(2,3)34-25(33)31(5)14-13-30(4)22-16-21(10-11-28-22)24(27)20-8-6-7-18(15-20)19-9-12-29-23(32)17-19;/h6-7,9-12,15-17H,13-14H2,1-5H3,(H,29,32);/q-1;+1. The Morgan fingerprint density at radius 2 is 1.80 bits per heavy atom. The first-order valence-electron chi connectivity index (χ1n) is 11.4. The monoisotopic (exact) mass is 579 g/mol. The summed E-state index contributed by atoms with van der Waals surface area (Å²) >= 11 is -1.06. The van der Waals surface area contributed by atoms with Crippen molar-refractivity contribution in [2.45, 2.75) is 26.4 Å². The fourth-order valence-corrected chi connectivity index (χ4v) is 6.37. The number of carbonyl (C=O) groups excluding carboxylic acids is 1. The average Bonchev–Trinajstić information content (AvgIpc) is 3.24. The Morgan fingerprint density at radius 3 is 2.54 bits per heavy atom. The van der Waals surface area contributed by atoms with E-state index in [4.69, 9.17) is 7.95 Å². The van der Waals surface area contributed by atoms with Crippen molar-refractivity contribution in [2.24, 2.45) is 3.21 Å². The normalized spacial score (nSPS) is 12.7. The number of nitrogens with one attached hydrogen (secondary N) is 1. The topological polar surface area (TPSA) is 90.9 Å². The predicted octanol–water partition coefficient (Wildman–Crippen LogP) is 2.84. The molecule has 0 spiro atoms. The van der Waals surface area contributed by atoms with Crippen molar-refractivity contribution < 1.29 is 9.53 Å². The number of carbonyl (C=O) groups is 1. The van der Waals surface area contributed by atoms with E-state index < -0.39 is 27.0 Å². The third kappa shape index (κ3) is 6.11. The minimum absolute atomic E-state index is 0.118. The van der Waals surface area contributed by atoms with E-state index in [1.54, 1.807) is 30.4 Å². The molecule has 180 valence electrons. The van der Waals surface area contributed by atoms with Crippen molar-refractivity contribution >= 4 is 42.6 Å². The maximum atomic E-state index is 12.2. The molecule has 1 N–H and O–H groups in total. The molecule has 0 fully saturated rings. The molecule has 0 aliphatic carbocycles. The molecule has 2 radical (unpaired) electrons. The van der Waals surface area contributed by atoms with Crippen LogP contribution in [0, 0.1) is 0 Å². The minimum atomic E-state index is -1.06. The number of aromatic nitrogens is 2. The van der Waals surface area contributed by atoms with E-state index >= 15 is 0 Å². The van der Waals surface area contributed by atoms with Gasteiger partial charge in [0.05, 0.1) is 0 Å². The number of rotatable bonds is 6. The number of anilines is 1. The SMILES string of the molecule is CN(CCN(C)c1cc(C2=[N][Sn][c]3ccc(-c4cc[nH]c(=O)c4)cc32)ccn1)C(=O)OC(C)(C)C. The summed E-state index contributed by atoms with van der Waals surface area (Å²) in [6.07, 6.45) is 3.12. The van der Waals surface area contributed by atoms with Gasteiger partial charge in [0, 0.05) is 0 Å². The van der Waals surface area contributed by atoms with Crippen LogP contribution in [0.5, 0.6) is 0 Å². The molecule has 35 heavy (non-hydrogen) atoms. The van der Waals surface area contributed by atoms with Gasteiger partial charge in [-0.15, -0.1) is 0 Å². The molecule has 2 aromatic heterocycles. The van der Waals surface area contributed by atoms with Gasteiger partial charge < -0.3 is 0 Å². The minimum Gasteiger partial charge on any atom is -0.0253 e. The van der Waals surface area contributed by atoms with Crippen molar-refractivity contribution in [2.75, 3.05) is 32.1 Å². The molecule has 8 nitrogen and oxygen atoms in total. The van der Waals surface area contributed by atoms with Gasteiger partial charge in [-0.1, -0.05) is 0 Å². The summed E-state index contributed by atoms with van der Waals surface area (Å²) in [6, 6.07) is 13.9. The molecule has 0 bridgehead atoms. The Bertz CT molecular complexity index is 1330. The number of fused-ring (bicyclic) bond motifs is 1. The fourth-order valence-electron chi connectivity index (χ4n) is 3.66.